The van der Waals surface area contributed by atoms with Gasteiger partial charge in [-0.1, -0.05) is 13.8 Å². The third kappa shape index (κ3) is 3.75. The average molecular weight is 408 g/mol. The quantitative estimate of drug-likeness (QED) is 0.561. The molecule has 1 amide bonds. The zero-order chi connectivity index (χ0) is 21.3. The van der Waals surface area contributed by atoms with Gasteiger partial charge in [-0.25, -0.2) is 0 Å². The number of benzene rings is 2. The molecule has 2 aromatic carbocycles. The predicted molar refractivity (Wildman–Crippen MR) is 121 cm³/mol. The highest BCUT2D eigenvalue weighted by atomic mass is 16.5. The van der Waals surface area contributed by atoms with Gasteiger partial charge in [0, 0.05) is 28.7 Å². The van der Waals surface area contributed by atoms with Gasteiger partial charge in [-0.2, -0.15) is 0 Å². The van der Waals surface area contributed by atoms with Crippen LogP contribution in [0.2, 0.25) is 0 Å². The Morgan fingerprint density at radius 3 is 2.57 bits per heavy atom. The van der Waals surface area contributed by atoms with E-state index in [1.54, 1.807) is 14.2 Å². The molecule has 0 saturated carbocycles. The molecule has 1 aliphatic heterocycles. The van der Waals surface area contributed by atoms with E-state index in [1.165, 1.54) is 5.56 Å². The van der Waals surface area contributed by atoms with E-state index in [9.17, 15) is 4.79 Å². The van der Waals surface area contributed by atoms with Gasteiger partial charge in [-0.15, -0.1) is 0 Å². The minimum absolute atomic E-state index is 0.0406. The Bertz CT molecular complexity index is 1060. The molecule has 0 spiro atoms. The van der Waals surface area contributed by atoms with Crippen molar-refractivity contribution in [1.29, 1.82) is 0 Å². The number of anilines is 1. The van der Waals surface area contributed by atoms with Crippen LogP contribution in [0.4, 0.5) is 5.69 Å². The van der Waals surface area contributed by atoms with Crippen LogP contribution in [0.5, 0.6) is 11.5 Å². The number of carbonyl (C=O) groups is 1. The van der Waals surface area contributed by atoms with Gasteiger partial charge >= 0.3 is 0 Å². The number of ether oxygens (including phenoxy) is 2. The van der Waals surface area contributed by atoms with Crippen LogP contribution < -0.4 is 20.1 Å². The molecule has 0 radical (unpaired) electrons. The predicted octanol–water partition coefficient (Wildman–Crippen LogP) is 4.52. The first kappa shape index (κ1) is 20.3. The molecule has 1 aliphatic rings. The number of carbonyl (C=O) groups excluding carboxylic acids is 1. The molecule has 6 nitrogen and oxygen atoms in total. The van der Waals surface area contributed by atoms with Crippen molar-refractivity contribution in [1.82, 2.24) is 10.3 Å². The van der Waals surface area contributed by atoms with Crippen molar-refractivity contribution >= 4 is 22.5 Å². The van der Waals surface area contributed by atoms with E-state index in [0.717, 1.165) is 47.4 Å². The number of hydrogen-bond donors (Lipinski definition) is 3. The Morgan fingerprint density at radius 1 is 1.10 bits per heavy atom. The van der Waals surface area contributed by atoms with Crippen LogP contribution in [0, 0.1) is 5.92 Å². The molecule has 30 heavy (non-hydrogen) atoms. The fourth-order valence-corrected chi connectivity index (χ4v) is 4.23. The smallest absolute Gasteiger partial charge is 0.228 e. The van der Waals surface area contributed by atoms with E-state index in [2.05, 4.69) is 35.5 Å². The molecule has 4 rings (SSSR count). The molecular formula is C24H29N3O3. The maximum atomic E-state index is 12.5. The Morgan fingerprint density at radius 2 is 1.90 bits per heavy atom. The third-order valence-corrected chi connectivity index (χ3v) is 5.79. The van der Waals surface area contributed by atoms with Crippen LogP contribution in [-0.2, 0) is 4.79 Å². The molecule has 0 aliphatic carbocycles. The van der Waals surface area contributed by atoms with Crippen molar-refractivity contribution in [2.24, 2.45) is 5.92 Å². The van der Waals surface area contributed by atoms with Crippen LogP contribution in [0.1, 0.15) is 31.7 Å². The molecule has 3 aromatic rings. The molecule has 6 heteroatoms. The van der Waals surface area contributed by atoms with Crippen LogP contribution >= 0.6 is 0 Å². The van der Waals surface area contributed by atoms with Gasteiger partial charge in [0.15, 0.2) is 11.5 Å². The number of aromatic amines is 1. The van der Waals surface area contributed by atoms with Gasteiger partial charge in [-0.05, 0) is 60.8 Å². The van der Waals surface area contributed by atoms with Gasteiger partial charge in [0.1, 0.15) is 0 Å². The molecule has 3 N–H and O–H groups in total. The Kier molecular flexibility index (Phi) is 5.68. The first-order valence-electron chi connectivity index (χ1n) is 10.4. The number of methoxy groups -OCH3 is 2. The monoisotopic (exact) mass is 407 g/mol. The largest absolute Gasteiger partial charge is 0.493 e. The highest BCUT2D eigenvalue weighted by Gasteiger charge is 2.23. The van der Waals surface area contributed by atoms with E-state index >= 15 is 0 Å². The lowest BCUT2D eigenvalue weighted by molar-refractivity contribution is -0.119. The zero-order valence-corrected chi connectivity index (χ0v) is 18.0. The summed E-state index contributed by atoms with van der Waals surface area (Å²) in [7, 11) is 3.28. The molecule has 158 valence electrons. The Hall–Kier alpha value is -2.99. The maximum Gasteiger partial charge on any atom is 0.228 e. The molecule has 0 bridgehead atoms. The van der Waals surface area contributed by atoms with Crippen LogP contribution in [0.25, 0.3) is 22.2 Å². The Labute approximate surface area is 177 Å². The normalized spacial score (nSPS) is 16.2. The Balaban J connectivity index is 1.74. The van der Waals surface area contributed by atoms with Crippen molar-refractivity contribution in [2.45, 2.75) is 26.2 Å². The van der Waals surface area contributed by atoms with Gasteiger partial charge in [0.25, 0.3) is 0 Å². The first-order valence-corrected chi connectivity index (χ1v) is 10.4. The SMILES string of the molecule is COc1ccc(-c2[nH]c3ccc(NC(=O)C4CCNC4)cc3c2C(C)C)cc1OC. The lowest BCUT2D eigenvalue weighted by Gasteiger charge is -2.13. The first-order chi connectivity index (χ1) is 14.5. The van der Waals surface area contributed by atoms with E-state index < -0.39 is 0 Å². The number of nitrogens with one attached hydrogen (secondary N) is 3. The molecule has 1 aromatic heterocycles. The average Bonchev–Trinajstić information content (AvgIpc) is 3.41. The standard InChI is InChI=1S/C24H29N3O3/c1-14(2)22-18-12-17(26-24(28)16-9-10-25-13-16)6-7-19(18)27-23(22)15-5-8-20(29-3)21(11-15)30-4/h5-8,11-12,14,16,25,27H,9-10,13H2,1-4H3,(H,26,28). The van der Waals surface area contributed by atoms with Crippen molar-refractivity contribution in [3.8, 4) is 22.8 Å². The summed E-state index contributed by atoms with van der Waals surface area (Å²) in [5.74, 6) is 1.82. The molecule has 1 fully saturated rings. The third-order valence-electron chi connectivity index (χ3n) is 5.79. The summed E-state index contributed by atoms with van der Waals surface area (Å²) < 4.78 is 10.9. The van der Waals surface area contributed by atoms with E-state index in [0.29, 0.717) is 17.4 Å². The zero-order valence-electron chi connectivity index (χ0n) is 18.0. The minimum atomic E-state index is 0.0406. The molecule has 1 atom stereocenters. The number of hydrogen-bond acceptors (Lipinski definition) is 4. The molecule has 1 saturated heterocycles. The van der Waals surface area contributed by atoms with Gasteiger partial charge in [-0.3, -0.25) is 4.79 Å². The highest BCUT2D eigenvalue weighted by molar-refractivity contribution is 5.98. The van der Waals surface area contributed by atoms with E-state index in [4.69, 9.17) is 9.47 Å². The number of fused-ring (bicyclic) bond motifs is 1. The van der Waals surface area contributed by atoms with Crippen molar-refractivity contribution in [3.05, 3.63) is 42.0 Å². The second kappa shape index (κ2) is 8.40. The van der Waals surface area contributed by atoms with Gasteiger partial charge in [0.2, 0.25) is 5.91 Å². The molecule has 2 heterocycles. The summed E-state index contributed by atoms with van der Waals surface area (Å²) >= 11 is 0. The number of amides is 1. The molecule has 1 unspecified atom stereocenters. The second-order valence-corrected chi connectivity index (χ2v) is 8.08. The van der Waals surface area contributed by atoms with Crippen molar-refractivity contribution in [3.63, 3.8) is 0 Å². The maximum absolute atomic E-state index is 12.5. The summed E-state index contributed by atoms with van der Waals surface area (Å²) in [6, 6.07) is 12.0. The summed E-state index contributed by atoms with van der Waals surface area (Å²) in [6.45, 7) is 6.02. The topological polar surface area (TPSA) is 75.4 Å². The van der Waals surface area contributed by atoms with Gasteiger partial charge in [0.05, 0.1) is 25.8 Å². The van der Waals surface area contributed by atoms with Crippen LogP contribution in [0.3, 0.4) is 0 Å². The van der Waals surface area contributed by atoms with Crippen molar-refractivity contribution < 1.29 is 14.3 Å². The summed E-state index contributed by atoms with van der Waals surface area (Å²) in [4.78, 5) is 16.1. The van der Waals surface area contributed by atoms with Crippen molar-refractivity contribution in [2.75, 3.05) is 32.6 Å². The fraction of sp³-hybridized carbons (Fsp3) is 0.375. The lowest BCUT2D eigenvalue weighted by Crippen LogP contribution is -2.24. The number of rotatable bonds is 6. The number of aromatic nitrogens is 1. The van der Waals surface area contributed by atoms with E-state index in [1.807, 2.05) is 30.3 Å². The number of H-pyrrole nitrogens is 1. The van der Waals surface area contributed by atoms with E-state index in [-0.39, 0.29) is 11.8 Å². The second-order valence-electron chi connectivity index (χ2n) is 8.08. The molecular weight excluding hydrogens is 378 g/mol. The van der Waals surface area contributed by atoms with Gasteiger partial charge < -0.3 is 25.1 Å². The highest BCUT2D eigenvalue weighted by Crippen LogP contribution is 2.39. The minimum Gasteiger partial charge on any atom is -0.493 e. The summed E-state index contributed by atoms with van der Waals surface area (Å²) in [5.41, 5.74) is 5.19. The van der Waals surface area contributed by atoms with Crippen LogP contribution in [-0.4, -0.2) is 38.2 Å². The van der Waals surface area contributed by atoms with Crippen LogP contribution in [0.15, 0.2) is 36.4 Å². The fourth-order valence-electron chi connectivity index (χ4n) is 4.23. The summed E-state index contributed by atoms with van der Waals surface area (Å²) in [5, 5.41) is 7.46. The summed E-state index contributed by atoms with van der Waals surface area (Å²) in [6.07, 6.45) is 0.888. The lowest BCUT2D eigenvalue weighted by atomic mass is 9.95.